The van der Waals surface area contributed by atoms with Crippen LogP contribution in [-0.4, -0.2) is 29.3 Å². The van der Waals surface area contributed by atoms with Gasteiger partial charge in [0.05, 0.1) is 0 Å². The minimum absolute atomic E-state index is 0.186. The molecule has 0 aromatic carbocycles. The number of rotatable bonds is 8. The molecule has 2 atom stereocenters. The molecular weight excluding hydrogens is 290 g/mol. The number of nitrogens with zero attached hydrogens (tertiary/aromatic N) is 1. The molecule has 0 saturated heterocycles. The van der Waals surface area contributed by atoms with Crippen LogP contribution in [0.4, 0.5) is 4.79 Å². The zero-order valence-corrected chi connectivity index (χ0v) is 15.1. The molecule has 0 spiro atoms. The number of nitrogens with one attached hydrogen (secondary N) is 2. The van der Waals surface area contributed by atoms with Crippen LogP contribution in [0.5, 0.6) is 0 Å². The first-order valence-electron chi connectivity index (χ1n) is 8.44. The largest absolute Gasteiger partial charge is 0.444 e. The van der Waals surface area contributed by atoms with E-state index in [9.17, 15) is 4.79 Å². The molecule has 0 aliphatic carbocycles. The van der Waals surface area contributed by atoms with Gasteiger partial charge in [-0.2, -0.15) is 0 Å². The average Bonchev–Trinajstić information content (AvgIpc) is 2.49. The molecule has 0 aliphatic heterocycles. The second kappa shape index (κ2) is 9.50. The highest BCUT2D eigenvalue weighted by Crippen LogP contribution is 2.13. The molecule has 2 N–H and O–H groups in total. The molecular formula is C18H31N3O2. The minimum atomic E-state index is -0.473. The highest BCUT2D eigenvalue weighted by atomic mass is 16.6. The predicted octanol–water partition coefficient (Wildman–Crippen LogP) is 3.82. The van der Waals surface area contributed by atoms with E-state index in [0.29, 0.717) is 6.54 Å². The summed E-state index contributed by atoms with van der Waals surface area (Å²) in [4.78, 5) is 16.0. The molecule has 1 rings (SSSR count). The SMILES string of the molecule is CCCCC(CNC(=O)OC(C)(C)C)NC(C)c1cccnc1. The molecule has 0 saturated carbocycles. The van der Waals surface area contributed by atoms with Gasteiger partial charge in [-0.3, -0.25) is 4.98 Å². The van der Waals surface area contributed by atoms with E-state index in [1.54, 1.807) is 6.20 Å². The summed E-state index contributed by atoms with van der Waals surface area (Å²) in [5.41, 5.74) is 0.672. The van der Waals surface area contributed by atoms with Crippen molar-refractivity contribution in [1.82, 2.24) is 15.6 Å². The smallest absolute Gasteiger partial charge is 0.407 e. The van der Waals surface area contributed by atoms with Crippen molar-refractivity contribution in [3.8, 4) is 0 Å². The number of hydrogen-bond acceptors (Lipinski definition) is 4. The summed E-state index contributed by atoms with van der Waals surface area (Å²) in [6.45, 7) is 10.4. The third-order valence-electron chi connectivity index (χ3n) is 3.47. The Morgan fingerprint density at radius 2 is 2.13 bits per heavy atom. The summed E-state index contributed by atoms with van der Waals surface area (Å²) in [5, 5.41) is 6.44. The number of alkyl carbamates (subject to hydrolysis) is 1. The zero-order valence-electron chi connectivity index (χ0n) is 15.1. The first-order valence-corrected chi connectivity index (χ1v) is 8.44. The fraction of sp³-hybridized carbons (Fsp3) is 0.667. The van der Waals surface area contributed by atoms with Crippen molar-refractivity contribution >= 4 is 6.09 Å². The normalized spacial score (nSPS) is 14.1. The maximum atomic E-state index is 11.8. The maximum absolute atomic E-state index is 11.8. The molecule has 0 bridgehead atoms. The van der Waals surface area contributed by atoms with E-state index in [1.807, 2.05) is 33.0 Å². The van der Waals surface area contributed by atoms with Crippen LogP contribution in [0.15, 0.2) is 24.5 Å². The van der Waals surface area contributed by atoms with E-state index in [0.717, 1.165) is 24.8 Å². The minimum Gasteiger partial charge on any atom is -0.444 e. The lowest BCUT2D eigenvalue weighted by atomic mass is 10.1. The lowest BCUT2D eigenvalue weighted by Gasteiger charge is -2.25. The Kier molecular flexibility index (Phi) is 8.03. The summed E-state index contributed by atoms with van der Waals surface area (Å²) in [5.74, 6) is 0. The van der Waals surface area contributed by atoms with Crippen molar-refractivity contribution in [1.29, 1.82) is 0 Å². The van der Waals surface area contributed by atoms with E-state index in [1.165, 1.54) is 0 Å². The van der Waals surface area contributed by atoms with Crippen LogP contribution in [0.25, 0.3) is 0 Å². The van der Waals surface area contributed by atoms with Gasteiger partial charge < -0.3 is 15.4 Å². The topological polar surface area (TPSA) is 63.2 Å². The fourth-order valence-electron chi connectivity index (χ4n) is 2.30. The maximum Gasteiger partial charge on any atom is 0.407 e. The quantitative estimate of drug-likeness (QED) is 0.764. The van der Waals surface area contributed by atoms with Gasteiger partial charge in [-0.15, -0.1) is 0 Å². The van der Waals surface area contributed by atoms with E-state index in [2.05, 4.69) is 35.5 Å². The molecule has 1 aromatic rings. The van der Waals surface area contributed by atoms with Crippen molar-refractivity contribution in [2.45, 2.75) is 71.6 Å². The number of pyridine rings is 1. The summed E-state index contributed by atoms with van der Waals surface area (Å²) in [6.07, 6.45) is 6.54. The lowest BCUT2D eigenvalue weighted by molar-refractivity contribution is 0.0521. The van der Waals surface area contributed by atoms with Gasteiger partial charge >= 0.3 is 6.09 Å². The van der Waals surface area contributed by atoms with E-state index in [4.69, 9.17) is 4.74 Å². The monoisotopic (exact) mass is 321 g/mol. The second-order valence-electron chi connectivity index (χ2n) is 6.90. The van der Waals surface area contributed by atoms with Crippen molar-refractivity contribution in [2.24, 2.45) is 0 Å². The van der Waals surface area contributed by atoms with Gasteiger partial charge in [0, 0.05) is 31.0 Å². The fourth-order valence-corrected chi connectivity index (χ4v) is 2.30. The van der Waals surface area contributed by atoms with E-state index >= 15 is 0 Å². The number of amides is 1. The summed E-state index contributed by atoms with van der Waals surface area (Å²) in [6, 6.07) is 4.39. The number of ether oxygens (including phenoxy) is 1. The van der Waals surface area contributed by atoms with Crippen LogP contribution >= 0.6 is 0 Å². The Bertz CT molecular complexity index is 457. The lowest BCUT2D eigenvalue weighted by Crippen LogP contribution is -2.43. The molecule has 0 fully saturated rings. The Morgan fingerprint density at radius 3 is 2.70 bits per heavy atom. The third kappa shape index (κ3) is 8.55. The molecule has 0 radical (unpaired) electrons. The molecule has 23 heavy (non-hydrogen) atoms. The standard InChI is InChI=1S/C18H31N3O2/c1-6-7-10-16(13-20-17(22)23-18(3,4)5)21-14(2)15-9-8-11-19-12-15/h8-9,11-12,14,16,21H,6-7,10,13H2,1-5H3,(H,20,22). The number of aromatic nitrogens is 1. The van der Waals surface area contributed by atoms with Crippen molar-refractivity contribution in [3.63, 3.8) is 0 Å². The first kappa shape index (κ1) is 19.4. The van der Waals surface area contributed by atoms with Gasteiger partial charge in [-0.1, -0.05) is 25.8 Å². The molecule has 1 amide bonds. The Labute approximate surface area is 140 Å². The number of carbonyl (C=O) groups excluding carboxylic acids is 1. The Morgan fingerprint density at radius 1 is 1.39 bits per heavy atom. The van der Waals surface area contributed by atoms with Gasteiger partial charge in [0.15, 0.2) is 0 Å². The van der Waals surface area contributed by atoms with Gasteiger partial charge in [0.1, 0.15) is 5.60 Å². The zero-order chi connectivity index (χ0) is 17.3. The molecule has 5 heteroatoms. The van der Waals surface area contributed by atoms with Crippen LogP contribution in [-0.2, 0) is 4.74 Å². The molecule has 130 valence electrons. The third-order valence-corrected chi connectivity index (χ3v) is 3.47. The average molecular weight is 321 g/mol. The van der Waals surface area contributed by atoms with Crippen LogP contribution in [0.1, 0.15) is 65.5 Å². The number of unbranched alkanes of at least 4 members (excludes halogenated alkanes) is 1. The van der Waals surface area contributed by atoms with Crippen LogP contribution in [0.3, 0.4) is 0 Å². The predicted molar refractivity (Wildman–Crippen MR) is 93.3 cm³/mol. The Hall–Kier alpha value is -1.62. The first-order chi connectivity index (χ1) is 10.8. The Balaban J connectivity index is 2.53. The van der Waals surface area contributed by atoms with Gasteiger partial charge in [-0.05, 0) is 45.7 Å². The number of carbonyl (C=O) groups is 1. The molecule has 2 unspecified atom stereocenters. The summed E-state index contributed by atoms with van der Waals surface area (Å²) in [7, 11) is 0. The van der Waals surface area contributed by atoms with Gasteiger partial charge in [-0.25, -0.2) is 4.79 Å². The van der Waals surface area contributed by atoms with E-state index in [-0.39, 0.29) is 18.2 Å². The summed E-state index contributed by atoms with van der Waals surface area (Å²) < 4.78 is 5.29. The highest BCUT2D eigenvalue weighted by molar-refractivity contribution is 5.67. The van der Waals surface area contributed by atoms with Crippen molar-refractivity contribution < 1.29 is 9.53 Å². The van der Waals surface area contributed by atoms with Crippen LogP contribution in [0, 0.1) is 0 Å². The highest BCUT2D eigenvalue weighted by Gasteiger charge is 2.18. The van der Waals surface area contributed by atoms with Gasteiger partial charge in [0.25, 0.3) is 0 Å². The summed E-state index contributed by atoms with van der Waals surface area (Å²) >= 11 is 0. The van der Waals surface area contributed by atoms with Crippen LogP contribution in [0.2, 0.25) is 0 Å². The van der Waals surface area contributed by atoms with Gasteiger partial charge in [0.2, 0.25) is 0 Å². The second-order valence-corrected chi connectivity index (χ2v) is 6.90. The molecule has 1 heterocycles. The van der Waals surface area contributed by atoms with E-state index < -0.39 is 5.60 Å². The van der Waals surface area contributed by atoms with Crippen molar-refractivity contribution in [2.75, 3.05) is 6.54 Å². The number of hydrogen-bond donors (Lipinski definition) is 2. The molecule has 1 aromatic heterocycles. The molecule has 5 nitrogen and oxygen atoms in total. The van der Waals surface area contributed by atoms with Crippen LogP contribution < -0.4 is 10.6 Å². The molecule has 0 aliphatic rings. The van der Waals surface area contributed by atoms with Crippen molar-refractivity contribution in [3.05, 3.63) is 30.1 Å².